The maximum absolute atomic E-state index is 13.2. The highest BCUT2D eigenvalue weighted by Gasteiger charge is 2.27. The predicted molar refractivity (Wildman–Crippen MR) is 112 cm³/mol. The molecule has 0 fully saturated rings. The lowest BCUT2D eigenvalue weighted by atomic mass is 10.1. The van der Waals surface area contributed by atoms with Gasteiger partial charge >= 0.3 is 0 Å². The number of nitrogens with zero attached hydrogens (tertiary/aromatic N) is 5. The zero-order chi connectivity index (χ0) is 21.1. The summed E-state index contributed by atoms with van der Waals surface area (Å²) in [6, 6.07) is 10.3. The molecule has 1 amide bonds. The Hall–Kier alpha value is -3.60. The zero-order valence-electron chi connectivity index (χ0n) is 15.5. The number of carbonyl (C=O) groups excluding carboxylic acids is 1. The highest BCUT2D eigenvalue weighted by atomic mass is 79.9. The number of benzene rings is 2. The largest absolute Gasteiger partial charge is 0.325 e. The summed E-state index contributed by atoms with van der Waals surface area (Å²) in [7, 11) is 0. The van der Waals surface area contributed by atoms with Crippen LogP contribution in [0.3, 0.4) is 0 Å². The van der Waals surface area contributed by atoms with Gasteiger partial charge in [0.15, 0.2) is 0 Å². The molecule has 0 saturated carbocycles. The number of hydrogen-bond donors (Lipinski definition) is 1. The number of carbonyl (C=O) groups is 1. The van der Waals surface area contributed by atoms with Gasteiger partial charge in [0.2, 0.25) is 5.96 Å². The lowest BCUT2D eigenvalue weighted by molar-refractivity contribution is -0.763. The van der Waals surface area contributed by atoms with Crippen LogP contribution in [0.5, 0.6) is 0 Å². The Morgan fingerprint density at radius 1 is 1.23 bits per heavy atom. The number of guanidine groups is 1. The molecule has 152 valence electrons. The quantitative estimate of drug-likeness (QED) is 0.448. The van der Waals surface area contributed by atoms with Crippen molar-refractivity contribution in [3.05, 3.63) is 74.5 Å². The van der Waals surface area contributed by atoms with E-state index in [4.69, 9.17) is 0 Å². The predicted octanol–water partition coefficient (Wildman–Crippen LogP) is 3.02. The Morgan fingerprint density at radius 2 is 2.03 bits per heavy atom. The number of rotatable bonds is 5. The minimum Gasteiger partial charge on any atom is -0.325 e. The number of anilines is 1. The number of aliphatic imine (C=N–C) groups is 1. The minimum absolute atomic E-state index is 0.308. The molecule has 1 aliphatic rings. The van der Waals surface area contributed by atoms with E-state index >= 15 is 0 Å². The number of halogens is 1. The van der Waals surface area contributed by atoms with E-state index in [1.165, 1.54) is 4.90 Å². The molecule has 1 aromatic heterocycles. The first-order chi connectivity index (χ1) is 14.5. The molecular weight excluding hydrogens is 456 g/mol. The fraction of sp³-hybridized carbons (Fsp3) is 0.158. The maximum Gasteiger partial charge on any atom is 0.294 e. The summed E-state index contributed by atoms with van der Waals surface area (Å²) in [5, 5.41) is 12.8. The SMILES string of the molecule is O=C(c1ccccc1CO[N+](=O)[O-])N1CCN=C1Nc1ccc2nccnc2c1Br. The molecule has 30 heavy (non-hydrogen) atoms. The van der Waals surface area contributed by atoms with Crippen LogP contribution in [0.2, 0.25) is 0 Å². The molecule has 0 spiro atoms. The van der Waals surface area contributed by atoms with Gasteiger partial charge in [0.25, 0.3) is 11.0 Å². The van der Waals surface area contributed by atoms with E-state index in [1.54, 1.807) is 36.7 Å². The normalized spacial score (nSPS) is 13.2. The van der Waals surface area contributed by atoms with Crippen molar-refractivity contribution >= 4 is 44.5 Å². The summed E-state index contributed by atoms with van der Waals surface area (Å²) < 4.78 is 0.704. The topological polar surface area (TPSA) is 123 Å². The first-order valence-corrected chi connectivity index (χ1v) is 9.71. The van der Waals surface area contributed by atoms with Gasteiger partial charge in [-0.25, -0.2) is 0 Å². The molecular formula is C19H15BrN6O4. The lowest BCUT2D eigenvalue weighted by Gasteiger charge is -2.21. The van der Waals surface area contributed by atoms with Crippen molar-refractivity contribution in [3.63, 3.8) is 0 Å². The van der Waals surface area contributed by atoms with Crippen molar-refractivity contribution in [1.29, 1.82) is 0 Å². The third kappa shape index (κ3) is 3.92. The average Bonchev–Trinajstić information content (AvgIpc) is 3.22. The Kier molecular flexibility index (Phi) is 5.53. The van der Waals surface area contributed by atoms with Crippen LogP contribution in [0, 0.1) is 10.1 Å². The van der Waals surface area contributed by atoms with E-state index in [1.807, 2.05) is 12.1 Å². The van der Waals surface area contributed by atoms with E-state index in [-0.39, 0.29) is 12.5 Å². The van der Waals surface area contributed by atoms with E-state index in [0.29, 0.717) is 45.9 Å². The fourth-order valence-corrected chi connectivity index (χ4v) is 3.63. The molecule has 0 atom stereocenters. The van der Waals surface area contributed by atoms with E-state index < -0.39 is 5.09 Å². The summed E-state index contributed by atoms with van der Waals surface area (Å²) in [4.78, 5) is 42.6. The van der Waals surface area contributed by atoms with Gasteiger partial charge in [-0.3, -0.25) is 24.7 Å². The third-order valence-corrected chi connectivity index (χ3v) is 5.29. The van der Waals surface area contributed by atoms with Crippen LogP contribution in [0.1, 0.15) is 15.9 Å². The van der Waals surface area contributed by atoms with Gasteiger partial charge in [0, 0.05) is 24.5 Å². The summed E-state index contributed by atoms with van der Waals surface area (Å²) in [5.41, 5.74) is 2.84. The number of fused-ring (bicyclic) bond motifs is 1. The fourth-order valence-electron chi connectivity index (χ4n) is 3.09. The van der Waals surface area contributed by atoms with Crippen LogP contribution in [0.25, 0.3) is 11.0 Å². The zero-order valence-corrected chi connectivity index (χ0v) is 17.1. The van der Waals surface area contributed by atoms with E-state index in [2.05, 4.69) is 41.0 Å². The first kappa shape index (κ1) is 19.7. The van der Waals surface area contributed by atoms with E-state index in [0.717, 1.165) is 5.52 Å². The number of amides is 1. The second-order valence-corrected chi connectivity index (χ2v) is 7.09. The van der Waals surface area contributed by atoms with Crippen LogP contribution in [-0.4, -0.2) is 44.9 Å². The molecule has 0 aliphatic carbocycles. The Bertz CT molecular complexity index is 1170. The molecule has 11 heteroatoms. The van der Waals surface area contributed by atoms with Gasteiger partial charge in [-0.05, 0) is 39.7 Å². The molecule has 2 heterocycles. The van der Waals surface area contributed by atoms with Crippen LogP contribution in [0.4, 0.5) is 5.69 Å². The van der Waals surface area contributed by atoms with Gasteiger partial charge in [-0.1, -0.05) is 18.2 Å². The number of aromatic nitrogens is 2. The second kappa shape index (κ2) is 8.41. The molecule has 0 bridgehead atoms. The van der Waals surface area contributed by atoms with Gasteiger partial charge in [0.05, 0.1) is 22.2 Å². The molecule has 2 aromatic carbocycles. The van der Waals surface area contributed by atoms with Gasteiger partial charge in [-0.2, -0.15) is 0 Å². The Labute approximate surface area is 178 Å². The maximum atomic E-state index is 13.2. The van der Waals surface area contributed by atoms with Crippen molar-refractivity contribution in [2.24, 2.45) is 4.99 Å². The average molecular weight is 471 g/mol. The third-order valence-electron chi connectivity index (χ3n) is 4.48. The lowest BCUT2D eigenvalue weighted by Crippen LogP contribution is -2.39. The van der Waals surface area contributed by atoms with Crippen LogP contribution < -0.4 is 5.32 Å². The summed E-state index contributed by atoms with van der Waals surface area (Å²) in [6.45, 7) is 0.515. The molecule has 0 radical (unpaired) electrons. The molecule has 1 N–H and O–H groups in total. The summed E-state index contributed by atoms with van der Waals surface area (Å²) in [5.74, 6) is 0.0620. The van der Waals surface area contributed by atoms with Crippen LogP contribution in [-0.2, 0) is 11.4 Å². The second-order valence-electron chi connectivity index (χ2n) is 6.29. The van der Waals surface area contributed by atoms with Gasteiger partial charge in [0.1, 0.15) is 12.1 Å². The molecule has 0 unspecified atom stereocenters. The van der Waals surface area contributed by atoms with Gasteiger partial charge in [-0.15, -0.1) is 10.1 Å². The number of hydrogen-bond acceptors (Lipinski definition) is 8. The van der Waals surface area contributed by atoms with Crippen LogP contribution in [0.15, 0.2) is 58.3 Å². The first-order valence-electron chi connectivity index (χ1n) is 8.92. The Balaban J connectivity index is 1.58. The summed E-state index contributed by atoms with van der Waals surface area (Å²) in [6.07, 6.45) is 3.22. The standard InChI is InChI=1S/C19H15BrN6O4/c20-16-14(5-6-15-17(16)22-8-7-21-15)24-19-23-9-10-25(19)18(27)13-4-2-1-3-12(13)11-30-26(28)29/h1-8H,9-11H2,(H,23,24). The molecule has 3 aromatic rings. The van der Waals surface area contributed by atoms with Crippen LogP contribution >= 0.6 is 15.9 Å². The van der Waals surface area contributed by atoms with Crippen molar-refractivity contribution in [1.82, 2.24) is 14.9 Å². The monoisotopic (exact) mass is 470 g/mol. The summed E-state index contributed by atoms with van der Waals surface area (Å²) >= 11 is 3.53. The highest BCUT2D eigenvalue weighted by molar-refractivity contribution is 9.10. The van der Waals surface area contributed by atoms with Gasteiger partial charge < -0.3 is 10.2 Å². The van der Waals surface area contributed by atoms with Crippen molar-refractivity contribution in [2.75, 3.05) is 18.4 Å². The van der Waals surface area contributed by atoms with Crippen molar-refractivity contribution in [3.8, 4) is 0 Å². The number of nitrogens with one attached hydrogen (secondary N) is 1. The highest BCUT2D eigenvalue weighted by Crippen LogP contribution is 2.29. The Morgan fingerprint density at radius 3 is 2.87 bits per heavy atom. The smallest absolute Gasteiger partial charge is 0.294 e. The molecule has 1 aliphatic heterocycles. The van der Waals surface area contributed by atoms with E-state index in [9.17, 15) is 14.9 Å². The van der Waals surface area contributed by atoms with Crippen molar-refractivity contribution < 1.29 is 14.7 Å². The molecule has 0 saturated heterocycles. The molecule has 4 rings (SSSR count). The molecule has 10 nitrogen and oxygen atoms in total. The van der Waals surface area contributed by atoms with Crippen molar-refractivity contribution in [2.45, 2.75) is 6.61 Å². The minimum atomic E-state index is -0.883.